The molecule has 1 amide bonds. The predicted octanol–water partition coefficient (Wildman–Crippen LogP) is 5.05. The Morgan fingerprint density at radius 1 is 1.06 bits per heavy atom. The number of anilines is 1. The van der Waals surface area contributed by atoms with E-state index in [2.05, 4.69) is 44.7 Å². The van der Waals surface area contributed by atoms with Gasteiger partial charge in [-0.1, -0.05) is 42.5 Å². The molecule has 168 valence electrons. The summed E-state index contributed by atoms with van der Waals surface area (Å²) in [4.78, 5) is 16.4. The number of aromatic amines is 1. The van der Waals surface area contributed by atoms with Crippen molar-refractivity contribution in [1.82, 2.24) is 15.1 Å². The quantitative estimate of drug-likeness (QED) is 0.353. The summed E-state index contributed by atoms with van der Waals surface area (Å²) in [5.41, 5.74) is 4.90. The summed E-state index contributed by atoms with van der Waals surface area (Å²) in [5.74, 6) is 0.134. The highest BCUT2D eigenvalue weighted by Gasteiger charge is 2.25. The highest BCUT2D eigenvalue weighted by molar-refractivity contribution is 7.97. The van der Waals surface area contributed by atoms with Gasteiger partial charge in [-0.3, -0.25) is 19.9 Å². The second-order valence-electron chi connectivity index (χ2n) is 8.50. The first-order valence-electron chi connectivity index (χ1n) is 11.2. The first-order valence-corrected chi connectivity index (χ1v) is 12.1. The SMILES string of the molecule is NSc1cccc(-c2n[nH]c3ccc(NC(=O)C4CCN(Cc5ccccc5)CC4)cc23)c1. The zero-order chi connectivity index (χ0) is 22.6. The molecule has 1 fully saturated rings. The molecule has 0 radical (unpaired) electrons. The molecular formula is C26H27N5OS. The number of hydrogen-bond donors (Lipinski definition) is 3. The summed E-state index contributed by atoms with van der Waals surface area (Å²) >= 11 is 1.21. The Labute approximate surface area is 197 Å². The molecule has 7 heteroatoms. The predicted molar refractivity (Wildman–Crippen MR) is 135 cm³/mol. The summed E-state index contributed by atoms with van der Waals surface area (Å²) in [7, 11) is 0. The number of nitrogens with one attached hydrogen (secondary N) is 2. The first-order chi connectivity index (χ1) is 16.2. The second kappa shape index (κ2) is 9.79. The number of carbonyl (C=O) groups excluding carboxylic acids is 1. The van der Waals surface area contributed by atoms with E-state index in [4.69, 9.17) is 5.14 Å². The number of rotatable bonds is 6. The van der Waals surface area contributed by atoms with E-state index >= 15 is 0 Å². The largest absolute Gasteiger partial charge is 0.326 e. The molecule has 4 N–H and O–H groups in total. The number of carbonyl (C=O) groups is 1. The van der Waals surface area contributed by atoms with Crippen LogP contribution in [0.15, 0.2) is 77.7 Å². The monoisotopic (exact) mass is 457 g/mol. The van der Waals surface area contributed by atoms with Gasteiger partial charge in [-0.05, 0) is 73.8 Å². The molecule has 33 heavy (non-hydrogen) atoms. The molecule has 0 bridgehead atoms. The Morgan fingerprint density at radius 2 is 1.88 bits per heavy atom. The Kier molecular flexibility index (Phi) is 6.44. The van der Waals surface area contributed by atoms with Crippen molar-refractivity contribution in [3.8, 4) is 11.3 Å². The lowest BCUT2D eigenvalue weighted by Gasteiger charge is -2.31. The Morgan fingerprint density at radius 3 is 2.67 bits per heavy atom. The lowest BCUT2D eigenvalue weighted by Crippen LogP contribution is -2.37. The van der Waals surface area contributed by atoms with Gasteiger partial charge in [0.05, 0.1) is 5.52 Å². The number of likely N-dealkylation sites (tertiary alicyclic amines) is 1. The van der Waals surface area contributed by atoms with Crippen LogP contribution in [0, 0.1) is 5.92 Å². The number of piperidine rings is 1. The van der Waals surface area contributed by atoms with Crippen molar-refractivity contribution < 1.29 is 4.79 Å². The highest BCUT2D eigenvalue weighted by Crippen LogP contribution is 2.30. The van der Waals surface area contributed by atoms with Gasteiger partial charge in [-0.15, -0.1) is 0 Å². The summed E-state index contributed by atoms with van der Waals surface area (Å²) in [5, 5.41) is 17.4. The Bertz CT molecular complexity index is 1250. The normalized spacial score (nSPS) is 15.1. The van der Waals surface area contributed by atoms with Crippen molar-refractivity contribution in [3.05, 3.63) is 78.4 Å². The third-order valence-electron chi connectivity index (χ3n) is 6.28. The van der Waals surface area contributed by atoms with Crippen LogP contribution >= 0.6 is 11.9 Å². The van der Waals surface area contributed by atoms with Crippen molar-refractivity contribution in [2.24, 2.45) is 11.1 Å². The third kappa shape index (κ3) is 4.95. The summed E-state index contributed by atoms with van der Waals surface area (Å²) in [6.07, 6.45) is 1.75. The van der Waals surface area contributed by atoms with Crippen molar-refractivity contribution in [3.63, 3.8) is 0 Å². The maximum Gasteiger partial charge on any atom is 0.227 e. The number of aromatic nitrogens is 2. The number of amides is 1. The van der Waals surface area contributed by atoms with Crippen molar-refractivity contribution in [2.45, 2.75) is 24.3 Å². The molecule has 1 aliphatic heterocycles. The highest BCUT2D eigenvalue weighted by atomic mass is 32.2. The average molecular weight is 458 g/mol. The van der Waals surface area contributed by atoms with E-state index < -0.39 is 0 Å². The molecule has 1 aliphatic rings. The number of hydrogen-bond acceptors (Lipinski definition) is 5. The summed E-state index contributed by atoms with van der Waals surface area (Å²) in [6, 6.07) is 24.4. The minimum absolute atomic E-state index is 0.0369. The molecule has 0 aliphatic carbocycles. The van der Waals surface area contributed by atoms with Crippen molar-refractivity contribution >= 4 is 34.4 Å². The molecule has 0 spiro atoms. The summed E-state index contributed by atoms with van der Waals surface area (Å²) in [6.45, 7) is 2.82. The van der Waals surface area contributed by atoms with Crippen molar-refractivity contribution in [1.29, 1.82) is 0 Å². The van der Waals surface area contributed by atoms with Gasteiger partial charge in [0.1, 0.15) is 5.69 Å². The number of benzene rings is 3. The molecule has 5 rings (SSSR count). The van der Waals surface area contributed by atoms with Gasteiger partial charge in [0.15, 0.2) is 0 Å². The van der Waals surface area contributed by atoms with Crippen LogP contribution in [0.25, 0.3) is 22.2 Å². The van der Waals surface area contributed by atoms with Crippen LogP contribution < -0.4 is 10.5 Å². The maximum atomic E-state index is 13.0. The van der Waals surface area contributed by atoms with Crippen LogP contribution in [0.4, 0.5) is 5.69 Å². The Hall–Kier alpha value is -3.13. The zero-order valence-electron chi connectivity index (χ0n) is 18.3. The van der Waals surface area contributed by atoms with Crippen LogP contribution in [0.5, 0.6) is 0 Å². The van der Waals surface area contributed by atoms with E-state index in [1.807, 2.05) is 48.5 Å². The van der Waals surface area contributed by atoms with E-state index in [0.29, 0.717) is 0 Å². The summed E-state index contributed by atoms with van der Waals surface area (Å²) < 4.78 is 0. The van der Waals surface area contributed by atoms with Crippen LogP contribution in [0.1, 0.15) is 18.4 Å². The number of H-pyrrole nitrogens is 1. The smallest absolute Gasteiger partial charge is 0.227 e. The van der Waals surface area contributed by atoms with Gasteiger partial charge in [0.25, 0.3) is 0 Å². The molecule has 3 aromatic carbocycles. The van der Waals surface area contributed by atoms with Gasteiger partial charge in [0.2, 0.25) is 5.91 Å². The molecule has 6 nitrogen and oxygen atoms in total. The van der Waals surface area contributed by atoms with E-state index in [1.54, 1.807) is 0 Å². The zero-order valence-corrected chi connectivity index (χ0v) is 19.1. The second-order valence-corrected chi connectivity index (χ2v) is 9.21. The molecule has 1 aromatic heterocycles. The lowest BCUT2D eigenvalue weighted by molar-refractivity contribution is -0.121. The molecule has 0 saturated carbocycles. The lowest BCUT2D eigenvalue weighted by atomic mass is 9.95. The third-order valence-corrected chi connectivity index (χ3v) is 6.81. The first kappa shape index (κ1) is 21.7. The van der Waals surface area contributed by atoms with E-state index in [-0.39, 0.29) is 11.8 Å². The molecule has 2 heterocycles. The van der Waals surface area contributed by atoms with E-state index in [9.17, 15) is 4.79 Å². The van der Waals surface area contributed by atoms with Gasteiger partial charge in [0, 0.05) is 34.0 Å². The van der Waals surface area contributed by atoms with E-state index in [0.717, 1.165) is 65.2 Å². The topological polar surface area (TPSA) is 87.0 Å². The Balaban J connectivity index is 1.25. The molecule has 0 unspecified atom stereocenters. The fourth-order valence-corrected chi connectivity index (χ4v) is 4.82. The fourth-order valence-electron chi connectivity index (χ4n) is 4.47. The number of nitrogens with two attached hydrogens (primary N) is 1. The number of nitrogens with zero attached hydrogens (tertiary/aromatic N) is 2. The number of fused-ring (bicyclic) bond motifs is 1. The van der Waals surface area contributed by atoms with Crippen LogP contribution in [-0.2, 0) is 11.3 Å². The minimum Gasteiger partial charge on any atom is -0.326 e. The van der Waals surface area contributed by atoms with Crippen LogP contribution in [0.3, 0.4) is 0 Å². The minimum atomic E-state index is 0.0369. The van der Waals surface area contributed by atoms with Gasteiger partial charge >= 0.3 is 0 Å². The molecular weight excluding hydrogens is 430 g/mol. The van der Waals surface area contributed by atoms with Crippen LogP contribution in [-0.4, -0.2) is 34.1 Å². The standard InChI is InChI=1S/C26H27N5OS/c27-33-22-8-4-7-20(15-22)25-23-16-21(9-10-24(23)29-30-25)28-26(32)19-11-13-31(14-12-19)17-18-5-2-1-3-6-18/h1-10,15-16,19H,11-14,17,27H2,(H,28,32)(H,29,30). The van der Waals surface area contributed by atoms with Gasteiger partial charge in [-0.2, -0.15) is 5.10 Å². The van der Waals surface area contributed by atoms with Gasteiger partial charge < -0.3 is 5.32 Å². The molecule has 1 saturated heterocycles. The fraction of sp³-hybridized carbons (Fsp3) is 0.231. The van der Waals surface area contributed by atoms with Crippen molar-refractivity contribution in [2.75, 3.05) is 18.4 Å². The van der Waals surface area contributed by atoms with Crippen LogP contribution in [0.2, 0.25) is 0 Å². The average Bonchev–Trinajstić information content (AvgIpc) is 3.28. The van der Waals surface area contributed by atoms with Gasteiger partial charge in [-0.25, -0.2) is 0 Å². The maximum absolute atomic E-state index is 13.0. The molecule has 4 aromatic rings. The molecule has 0 atom stereocenters. The van der Waals surface area contributed by atoms with E-state index in [1.165, 1.54) is 17.5 Å².